The molecule has 1 aliphatic rings. The molecule has 1 aromatic heterocycles. The van der Waals surface area contributed by atoms with Gasteiger partial charge in [-0.15, -0.1) is 0 Å². The van der Waals surface area contributed by atoms with Gasteiger partial charge in [0, 0.05) is 18.4 Å². The van der Waals surface area contributed by atoms with Crippen molar-refractivity contribution in [2.45, 2.75) is 19.8 Å². The van der Waals surface area contributed by atoms with Gasteiger partial charge in [-0.3, -0.25) is 14.6 Å². The number of aryl methyl sites for hydroxylation is 1. The predicted octanol–water partition coefficient (Wildman–Crippen LogP) is 1.33. The van der Waals surface area contributed by atoms with Gasteiger partial charge >= 0.3 is 5.97 Å². The minimum atomic E-state index is -0.982. The van der Waals surface area contributed by atoms with Crippen LogP contribution in [-0.2, 0) is 4.79 Å². The molecule has 0 aliphatic heterocycles. The second-order valence-corrected chi connectivity index (χ2v) is 4.71. The van der Waals surface area contributed by atoms with Crippen molar-refractivity contribution in [1.82, 2.24) is 9.88 Å². The maximum absolute atomic E-state index is 12.2. The Morgan fingerprint density at radius 1 is 1.44 bits per heavy atom. The van der Waals surface area contributed by atoms with Crippen molar-refractivity contribution in [2.24, 2.45) is 5.92 Å². The van der Waals surface area contributed by atoms with Crippen LogP contribution in [0.3, 0.4) is 0 Å². The van der Waals surface area contributed by atoms with Crippen LogP contribution < -0.4 is 0 Å². The predicted molar refractivity (Wildman–Crippen MR) is 65.2 cm³/mol. The smallest absolute Gasteiger partial charge is 0.323 e. The third kappa shape index (κ3) is 3.29. The fraction of sp³-hybridized carbons (Fsp3) is 0.462. The van der Waals surface area contributed by atoms with E-state index in [1.807, 2.05) is 6.92 Å². The number of aromatic nitrogens is 1. The average Bonchev–Trinajstić information content (AvgIpc) is 3.12. The maximum atomic E-state index is 12.2. The van der Waals surface area contributed by atoms with Crippen LogP contribution >= 0.6 is 0 Å². The molecule has 2 rings (SSSR count). The van der Waals surface area contributed by atoms with E-state index in [-0.39, 0.29) is 12.5 Å². The molecule has 1 N–H and O–H groups in total. The van der Waals surface area contributed by atoms with Crippen LogP contribution in [0.5, 0.6) is 0 Å². The van der Waals surface area contributed by atoms with E-state index in [2.05, 4.69) is 4.98 Å². The fourth-order valence-corrected chi connectivity index (χ4v) is 1.77. The first kappa shape index (κ1) is 12.5. The van der Waals surface area contributed by atoms with Crippen LogP contribution in [0.25, 0.3) is 0 Å². The molecule has 0 aromatic carbocycles. The molecule has 5 nitrogen and oxygen atoms in total. The monoisotopic (exact) mass is 248 g/mol. The van der Waals surface area contributed by atoms with E-state index in [1.54, 1.807) is 12.1 Å². The molecule has 0 unspecified atom stereocenters. The summed E-state index contributed by atoms with van der Waals surface area (Å²) in [6, 6.07) is 3.44. The Morgan fingerprint density at radius 2 is 2.17 bits per heavy atom. The van der Waals surface area contributed by atoms with Gasteiger partial charge in [0.2, 0.25) is 0 Å². The van der Waals surface area contributed by atoms with Crippen LogP contribution in [0.2, 0.25) is 0 Å². The molecule has 1 heterocycles. The molecule has 1 saturated carbocycles. The lowest BCUT2D eigenvalue weighted by Gasteiger charge is -2.20. The van der Waals surface area contributed by atoms with E-state index in [0.29, 0.717) is 18.0 Å². The molecular weight excluding hydrogens is 232 g/mol. The maximum Gasteiger partial charge on any atom is 0.323 e. The van der Waals surface area contributed by atoms with Gasteiger partial charge in [-0.05, 0) is 37.8 Å². The Kier molecular flexibility index (Phi) is 3.60. The number of aliphatic carboxylic acids is 1. The van der Waals surface area contributed by atoms with Crippen LogP contribution in [0.1, 0.15) is 28.9 Å². The molecule has 0 radical (unpaired) electrons. The molecule has 96 valence electrons. The molecule has 0 spiro atoms. The summed E-state index contributed by atoms with van der Waals surface area (Å²) in [5.41, 5.74) is 1.28. The number of nitrogens with zero attached hydrogens (tertiary/aromatic N) is 2. The minimum absolute atomic E-state index is 0.247. The van der Waals surface area contributed by atoms with E-state index in [0.717, 1.165) is 18.5 Å². The Morgan fingerprint density at radius 3 is 2.67 bits per heavy atom. The van der Waals surface area contributed by atoms with Gasteiger partial charge in [0.1, 0.15) is 6.54 Å². The summed E-state index contributed by atoms with van der Waals surface area (Å²) in [4.78, 5) is 28.4. The molecule has 1 amide bonds. The number of hydrogen-bond acceptors (Lipinski definition) is 3. The van der Waals surface area contributed by atoms with Gasteiger partial charge in [0.15, 0.2) is 0 Å². The lowest BCUT2D eigenvalue weighted by Crippen LogP contribution is -2.37. The van der Waals surface area contributed by atoms with E-state index in [4.69, 9.17) is 5.11 Å². The van der Waals surface area contributed by atoms with Gasteiger partial charge in [-0.1, -0.05) is 0 Å². The summed E-state index contributed by atoms with van der Waals surface area (Å²) >= 11 is 0. The summed E-state index contributed by atoms with van der Waals surface area (Å²) in [6.45, 7) is 2.12. The lowest BCUT2D eigenvalue weighted by atomic mass is 10.2. The Labute approximate surface area is 105 Å². The van der Waals surface area contributed by atoms with Crippen molar-refractivity contribution in [3.8, 4) is 0 Å². The molecule has 0 atom stereocenters. The summed E-state index contributed by atoms with van der Waals surface area (Å²) in [5.74, 6) is -0.771. The van der Waals surface area contributed by atoms with Crippen molar-refractivity contribution < 1.29 is 14.7 Å². The molecule has 1 aliphatic carbocycles. The molecule has 1 fully saturated rings. The first-order valence-electron chi connectivity index (χ1n) is 6.00. The van der Waals surface area contributed by atoms with Gasteiger partial charge in [-0.2, -0.15) is 0 Å². The van der Waals surface area contributed by atoms with Gasteiger partial charge < -0.3 is 10.0 Å². The molecule has 0 bridgehead atoms. The number of carbonyl (C=O) groups is 2. The number of hydrogen-bond donors (Lipinski definition) is 1. The number of carboxylic acids is 1. The fourth-order valence-electron chi connectivity index (χ4n) is 1.77. The third-order valence-corrected chi connectivity index (χ3v) is 2.95. The Balaban J connectivity index is 2.10. The van der Waals surface area contributed by atoms with Crippen LogP contribution in [0.4, 0.5) is 0 Å². The number of pyridine rings is 1. The van der Waals surface area contributed by atoms with Crippen LogP contribution in [0, 0.1) is 12.8 Å². The van der Waals surface area contributed by atoms with Crippen molar-refractivity contribution >= 4 is 11.9 Å². The van der Waals surface area contributed by atoms with Crippen molar-refractivity contribution in [1.29, 1.82) is 0 Å². The summed E-state index contributed by atoms with van der Waals surface area (Å²) < 4.78 is 0. The first-order chi connectivity index (χ1) is 8.56. The van der Waals surface area contributed by atoms with E-state index in [9.17, 15) is 9.59 Å². The highest BCUT2D eigenvalue weighted by molar-refractivity contribution is 5.95. The molecule has 0 saturated heterocycles. The van der Waals surface area contributed by atoms with Gasteiger partial charge in [-0.25, -0.2) is 0 Å². The SMILES string of the molecule is Cc1ccc(C(=O)N(CC(=O)O)CC2CC2)cn1. The quantitative estimate of drug-likeness (QED) is 0.853. The zero-order valence-electron chi connectivity index (χ0n) is 10.3. The summed E-state index contributed by atoms with van der Waals surface area (Å²) in [6.07, 6.45) is 3.66. The second-order valence-electron chi connectivity index (χ2n) is 4.71. The number of amides is 1. The number of rotatable bonds is 5. The highest BCUT2D eigenvalue weighted by Crippen LogP contribution is 2.30. The van der Waals surface area contributed by atoms with Crippen molar-refractivity contribution in [2.75, 3.05) is 13.1 Å². The van der Waals surface area contributed by atoms with E-state index >= 15 is 0 Å². The number of carbonyl (C=O) groups excluding carboxylic acids is 1. The standard InChI is InChI=1S/C13H16N2O3/c1-9-2-5-11(6-14-9)13(18)15(8-12(16)17)7-10-3-4-10/h2,5-6,10H,3-4,7-8H2,1H3,(H,16,17). The molecule has 18 heavy (non-hydrogen) atoms. The highest BCUT2D eigenvalue weighted by atomic mass is 16.4. The Bertz CT molecular complexity index is 452. The van der Waals surface area contributed by atoms with Gasteiger partial charge in [0.05, 0.1) is 5.56 Å². The van der Waals surface area contributed by atoms with E-state index in [1.165, 1.54) is 11.1 Å². The highest BCUT2D eigenvalue weighted by Gasteiger charge is 2.28. The molecule has 1 aromatic rings. The largest absolute Gasteiger partial charge is 0.480 e. The van der Waals surface area contributed by atoms with Crippen molar-refractivity contribution in [3.05, 3.63) is 29.6 Å². The normalized spacial score (nSPS) is 14.3. The topological polar surface area (TPSA) is 70.5 Å². The van der Waals surface area contributed by atoms with Crippen molar-refractivity contribution in [3.63, 3.8) is 0 Å². The van der Waals surface area contributed by atoms with Crippen LogP contribution in [-0.4, -0.2) is 40.0 Å². The van der Waals surface area contributed by atoms with Gasteiger partial charge in [0.25, 0.3) is 5.91 Å². The minimum Gasteiger partial charge on any atom is -0.480 e. The zero-order valence-corrected chi connectivity index (χ0v) is 10.3. The Hall–Kier alpha value is -1.91. The average molecular weight is 248 g/mol. The summed E-state index contributed by atoms with van der Waals surface area (Å²) in [7, 11) is 0. The van der Waals surface area contributed by atoms with Crippen LogP contribution in [0.15, 0.2) is 18.3 Å². The van der Waals surface area contributed by atoms with E-state index < -0.39 is 5.97 Å². The molecular formula is C13H16N2O3. The number of carboxylic acid groups (broad SMARTS) is 1. The lowest BCUT2D eigenvalue weighted by molar-refractivity contribution is -0.137. The second kappa shape index (κ2) is 5.16. The third-order valence-electron chi connectivity index (χ3n) is 2.95. The summed E-state index contributed by atoms with van der Waals surface area (Å²) in [5, 5.41) is 8.85. The molecule has 5 heteroatoms. The zero-order chi connectivity index (χ0) is 13.1. The first-order valence-corrected chi connectivity index (χ1v) is 6.00.